The van der Waals surface area contributed by atoms with Crippen molar-refractivity contribution in [3.05, 3.63) is 65.0 Å². The van der Waals surface area contributed by atoms with Gasteiger partial charge in [-0.2, -0.15) is 17.9 Å². The van der Waals surface area contributed by atoms with Crippen LogP contribution in [0.4, 0.5) is 19.0 Å². The molecule has 28 heavy (non-hydrogen) atoms. The molecular formula is C19H14F3N5S. The van der Waals surface area contributed by atoms with E-state index in [9.17, 15) is 13.2 Å². The Kier molecular flexibility index (Phi) is 4.38. The first-order valence-corrected chi connectivity index (χ1v) is 9.12. The van der Waals surface area contributed by atoms with Crippen LogP contribution in [0.5, 0.6) is 0 Å². The van der Waals surface area contributed by atoms with Gasteiger partial charge in [0.15, 0.2) is 11.5 Å². The van der Waals surface area contributed by atoms with Crippen LogP contribution in [0.3, 0.4) is 0 Å². The number of hydrogen-bond donors (Lipinski definition) is 1. The molecule has 0 atom stereocenters. The lowest BCUT2D eigenvalue weighted by atomic mass is 10.1. The highest BCUT2D eigenvalue weighted by Crippen LogP contribution is 2.33. The second-order valence-electron chi connectivity index (χ2n) is 6.19. The number of thiazole rings is 1. The van der Waals surface area contributed by atoms with Crippen molar-refractivity contribution in [2.24, 2.45) is 0 Å². The number of rotatable bonds is 3. The maximum atomic E-state index is 13.0. The molecule has 0 fully saturated rings. The first-order valence-electron chi connectivity index (χ1n) is 8.24. The SMILES string of the molecule is Cc1ccc(-c2csc(-c3nnn(-c4cccc(C(F)(F)F)c4)c3N)n2)cc1. The number of anilines is 1. The van der Waals surface area contributed by atoms with Gasteiger partial charge in [0.25, 0.3) is 0 Å². The minimum absolute atomic E-state index is 0.129. The summed E-state index contributed by atoms with van der Waals surface area (Å²) in [5.41, 5.74) is 8.73. The van der Waals surface area contributed by atoms with Crippen LogP contribution >= 0.6 is 11.3 Å². The summed E-state index contributed by atoms with van der Waals surface area (Å²) in [6.07, 6.45) is -4.45. The number of aromatic nitrogens is 4. The molecule has 2 aromatic heterocycles. The first kappa shape index (κ1) is 18.2. The molecular weight excluding hydrogens is 387 g/mol. The minimum atomic E-state index is -4.45. The first-order chi connectivity index (χ1) is 13.3. The summed E-state index contributed by atoms with van der Waals surface area (Å²) >= 11 is 1.34. The van der Waals surface area contributed by atoms with E-state index in [1.165, 1.54) is 28.2 Å². The molecule has 0 amide bonds. The normalized spacial score (nSPS) is 11.7. The highest BCUT2D eigenvalue weighted by atomic mass is 32.1. The van der Waals surface area contributed by atoms with Crippen molar-refractivity contribution >= 4 is 17.2 Å². The molecule has 2 aromatic carbocycles. The van der Waals surface area contributed by atoms with Crippen molar-refractivity contribution in [3.63, 3.8) is 0 Å². The molecule has 4 aromatic rings. The fourth-order valence-corrected chi connectivity index (χ4v) is 3.51. The molecule has 0 bridgehead atoms. The zero-order valence-electron chi connectivity index (χ0n) is 14.6. The number of benzene rings is 2. The van der Waals surface area contributed by atoms with Gasteiger partial charge in [-0.05, 0) is 25.1 Å². The summed E-state index contributed by atoms with van der Waals surface area (Å²) in [6, 6.07) is 12.7. The molecule has 0 aliphatic heterocycles. The number of aryl methyl sites for hydroxylation is 1. The third-order valence-corrected chi connectivity index (χ3v) is 5.03. The molecule has 0 radical (unpaired) electrons. The second-order valence-corrected chi connectivity index (χ2v) is 7.05. The van der Waals surface area contributed by atoms with Gasteiger partial charge in [0.2, 0.25) is 0 Å². The Morgan fingerprint density at radius 2 is 1.82 bits per heavy atom. The second kappa shape index (κ2) is 6.75. The summed E-state index contributed by atoms with van der Waals surface area (Å²) in [4.78, 5) is 4.55. The summed E-state index contributed by atoms with van der Waals surface area (Å²) in [6.45, 7) is 2.00. The van der Waals surface area contributed by atoms with Crippen molar-refractivity contribution in [1.29, 1.82) is 0 Å². The van der Waals surface area contributed by atoms with E-state index in [4.69, 9.17) is 5.73 Å². The molecule has 5 nitrogen and oxygen atoms in total. The van der Waals surface area contributed by atoms with Crippen molar-refractivity contribution < 1.29 is 13.2 Å². The Morgan fingerprint density at radius 3 is 2.54 bits per heavy atom. The van der Waals surface area contributed by atoms with Gasteiger partial charge in [-0.3, -0.25) is 0 Å². The van der Waals surface area contributed by atoms with Crippen LogP contribution in [0.2, 0.25) is 0 Å². The van der Waals surface area contributed by atoms with E-state index in [0.717, 1.165) is 29.0 Å². The van der Waals surface area contributed by atoms with E-state index in [2.05, 4.69) is 15.3 Å². The fraction of sp³-hybridized carbons (Fsp3) is 0.105. The molecule has 0 aliphatic rings. The molecule has 0 spiro atoms. The van der Waals surface area contributed by atoms with Gasteiger partial charge in [0.1, 0.15) is 5.01 Å². The summed E-state index contributed by atoms with van der Waals surface area (Å²) in [7, 11) is 0. The standard InChI is InChI=1S/C19H14F3N5S/c1-11-5-7-12(8-6-11)15-10-28-18(24-15)16-17(23)27(26-25-16)14-4-2-3-13(9-14)19(20,21)22/h2-10H,23H2,1H3. The van der Waals surface area contributed by atoms with Crippen molar-refractivity contribution in [3.8, 4) is 27.6 Å². The summed E-state index contributed by atoms with van der Waals surface area (Å²) < 4.78 is 40.1. The van der Waals surface area contributed by atoms with E-state index >= 15 is 0 Å². The van der Waals surface area contributed by atoms with E-state index in [1.54, 1.807) is 0 Å². The van der Waals surface area contributed by atoms with Crippen molar-refractivity contribution in [2.75, 3.05) is 5.73 Å². The van der Waals surface area contributed by atoms with Gasteiger partial charge in [-0.15, -0.1) is 16.4 Å². The Morgan fingerprint density at radius 1 is 1.07 bits per heavy atom. The molecule has 0 saturated carbocycles. The zero-order chi connectivity index (χ0) is 19.9. The molecule has 0 saturated heterocycles. The van der Waals surface area contributed by atoms with Crippen LogP contribution in [0.1, 0.15) is 11.1 Å². The number of hydrogen-bond acceptors (Lipinski definition) is 5. The smallest absolute Gasteiger partial charge is 0.382 e. The van der Waals surface area contributed by atoms with Crippen LogP contribution in [-0.2, 0) is 6.18 Å². The number of halogens is 3. The van der Waals surface area contributed by atoms with Crippen molar-refractivity contribution in [2.45, 2.75) is 13.1 Å². The van der Waals surface area contributed by atoms with Crippen LogP contribution in [0, 0.1) is 6.92 Å². The molecule has 142 valence electrons. The largest absolute Gasteiger partial charge is 0.416 e. The van der Waals surface area contributed by atoms with E-state index < -0.39 is 11.7 Å². The third kappa shape index (κ3) is 3.36. The molecule has 4 rings (SSSR count). The zero-order valence-corrected chi connectivity index (χ0v) is 15.4. The Balaban J connectivity index is 1.69. The average molecular weight is 401 g/mol. The summed E-state index contributed by atoms with van der Waals surface area (Å²) in [5.74, 6) is 0.129. The lowest BCUT2D eigenvalue weighted by Gasteiger charge is -2.09. The Labute approximate surface area is 162 Å². The van der Waals surface area contributed by atoms with E-state index in [1.807, 2.05) is 36.6 Å². The predicted molar refractivity (Wildman–Crippen MR) is 102 cm³/mol. The van der Waals surface area contributed by atoms with E-state index in [0.29, 0.717) is 10.7 Å². The van der Waals surface area contributed by atoms with Crippen LogP contribution in [-0.4, -0.2) is 20.0 Å². The molecule has 2 N–H and O–H groups in total. The topological polar surface area (TPSA) is 69.6 Å². The Bertz CT molecular complexity index is 1130. The molecule has 2 heterocycles. The maximum absolute atomic E-state index is 13.0. The van der Waals surface area contributed by atoms with Crippen molar-refractivity contribution in [1.82, 2.24) is 20.0 Å². The maximum Gasteiger partial charge on any atom is 0.416 e. The van der Waals surface area contributed by atoms with Gasteiger partial charge < -0.3 is 5.73 Å². The average Bonchev–Trinajstić information content (AvgIpc) is 3.28. The van der Waals surface area contributed by atoms with E-state index in [-0.39, 0.29) is 11.5 Å². The van der Waals surface area contributed by atoms with Gasteiger partial charge >= 0.3 is 6.18 Å². The highest BCUT2D eigenvalue weighted by Gasteiger charge is 2.31. The number of nitrogen functional groups attached to an aromatic ring is 1. The monoisotopic (exact) mass is 401 g/mol. The summed E-state index contributed by atoms with van der Waals surface area (Å²) in [5, 5.41) is 10.4. The molecule has 9 heteroatoms. The number of nitrogens with two attached hydrogens (primary N) is 1. The quantitative estimate of drug-likeness (QED) is 0.526. The molecule has 0 aliphatic carbocycles. The lowest BCUT2D eigenvalue weighted by Crippen LogP contribution is -2.08. The fourth-order valence-electron chi connectivity index (χ4n) is 2.69. The number of nitrogens with zero attached hydrogens (tertiary/aromatic N) is 4. The van der Waals surface area contributed by atoms with Crippen LogP contribution in [0.25, 0.3) is 27.6 Å². The molecule has 0 unspecified atom stereocenters. The van der Waals surface area contributed by atoms with Gasteiger partial charge in [0.05, 0.1) is 16.9 Å². The van der Waals surface area contributed by atoms with Gasteiger partial charge in [-0.25, -0.2) is 4.98 Å². The van der Waals surface area contributed by atoms with Gasteiger partial charge in [-0.1, -0.05) is 41.1 Å². The van der Waals surface area contributed by atoms with Crippen LogP contribution in [0.15, 0.2) is 53.9 Å². The van der Waals surface area contributed by atoms with Gasteiger partial charge in [0, 0.05) is 10.9 Å². The Hall–Kier alpha value is -3.20. The number of alkyl halides is 3. The predicted octanol–water partition coefficient (Wildman–Crippen LogP) is 4.97. The van der Waals surface area contributed by atoms with Crippen LogP contribution < -0.4 is 5.73 Å². The minimum Gasteiger partial charge on any atom is -0.382 e. The third-order valence-electron chi connectivity index (χ3n) is 4.18. The lowest BCUT2D eigenvalue weighted by molar-refractivity contribution is -0.137. The highest BCUT2D eigenvalue weighted by molar-refractivity contribution is 7.13.